The Bertz CT molecular complexity index is 584. The molecule has 0 aliphatic carbocycles. The van der Waals surface area contributed by atoms with Crippen molar-refractivity contribution >= 4 is 23.5 Å². The zero-order chi connectivity index (χ0) is 18.4. The molecule has 7 nitrogen and oxygen atoms in total. The van der Waals surface area contributed by atoms with E-state index < -0.39 is 5.60 Å². The molecule has 8 heteroatoms. The van der Waals surface area contributed by atoms with Crippen LogP contribution in [0, 0.1) is 5.92 Å². The van der Waals surface area contributed by atoms with Gasteiger partial charge in [0.2, 0.25) is 0 Å². The summed E-state index contributed by atoms with van der Waals surface area (Å²) in [5.74, 6) is 1.20. The number of amides is 1. The van der Waals surface area contributed by atoms with Gasteiger partial charge >= 0.3 is 12.1 Å². The molecule has 1 saturated heterocycles. The largest absolute Gasteiger partial charge is 0.464 e. The molecule has 0 aromatic carbocycles. The number of anilines is 1. The quantitative estimate of drug-likeness (QED) is 0.801. The third kappa shape index (κ3) is 6.57. The molecule has 1 aromatic heterocycles. The van der Waals surface area contributed by atoms with Crippen LogP contribution in [0.25, 0.3) is 0 Å². The molecule has 140 valence electrons. The van der Waals surface area contributed by atoms with Crippen LogP contribution in [0.1, 0.15) is 40.5 Å². The fourth-order valence-corrected chi connectivity index (χ4v) is 2.82. The van der Waals surface area contributed by atoms with Crippen molar-refractivity contribution in [3.8, 4) is 6.01 Å². The highest BCUT2D eigenvalue weighted by Crippen LogP contribution is 2.25. The van der Waals surface area contributed by atoms with Crippen LogP contribution < -0.4 is 15.0 Å². The van der Waals surface area contributed by atoms with Crippen LogP contribution >= 0.6 is 11.6 Å². The average molecular weight is 371 g/mol. The first kappa shape index (κ1) is 19.6. The number of nitrogens with zero attached hydrogens (tertiary/aromatic N) is 3. The first-order valence-electron chi connectivity index (χ1n) is 8.66. The molecular weight excluding hydrogens is 344 g/mol. The number of hydrogen-bond donors (Lipinski definition) is 1. The van der Waals surface area contributed by atoms with Crippen LogP contribution in [0.15, 0.2) is 6.07 Å². The second-order valence-corrected chi connectivity index (χ2v) is 7.46. The Balaban J connectivity index is 1.82. The maximum atomic E-state index is 11.7. The van der Waals surface area contributed by atoms with Gasteiger partial charge in [0.15, 0.2) is 0 Å². The van der Waals surface area contributed by atoms with Gasteiger partial charge in [0.05, 0.1) is 6.61 Å². The zero-order valence-corrected chi connectivity index (χ0v) is 16.1. The topological polar surface area (TPSA) is 76.6 Å². The van der Waals surface area contributed by atoms with Crippen molar-refractivity contribution in [2.24, 2.45) is 5.92 Å². The Labute approximate surface area is 154 Å². The van der Waals surface area contributed by atoms with Gasteiger partial charge in [-0.05, 0) is 46.5 Å². The highest BCUT2D eigenvalue weighted by Gasteiger charge is 2.23. The predicted octanol–water partition coefficient (Wildman–Crippen LogP) is 3.27. The standard InChI is InChI=1S/C17H27ClN4O3/c1-5-24-15-20-13(18)10-14(21-15)22-8-6-12(7-9-22)11-19-16(23)25-17(2,3)4/h10,12H,5-9,11H2,1-4H3,(H,19,23). The minimum atomic E-state index is -0.474. The Hall–Kier alpha value is -1.76. The van der Waals surface area contributed by atoms with E-state index in [0.29, 0.717) is 30.2 Å². The Kier molecular flexibility index (Phi) is 6.70. The van der Waals surface area contributed by atoms with E-state index in [1.165, 1.54) is 0 Å². The summed E-state index contributed by atoms with van der Waals surface area (Å²) in [5, 5.41) is 3.23. The number of aromatic nitrogens is 2. The van der Waals surface area contributed by atoms with Crippen molar-refractivity contribution in [3.63, 3.8) is 0 Å². The molecule has 0 unspecified atom stereocenters. The van der Waals surface area contributed by atoms with Gasteiger partial charge in [0.1, 0.15) is 16.6 Å². The molecule has 0 saturated carbocycles. The van der Waals surface area contributed by atoms with Crippen LogP contribution in [0.4, 0.5) is 10.6 Å². The number of hydrogen-bond acceptors (Lipinski definition) is 6. The lowest BCUT2D eigenvalue weighted by Gasteiger charge is -2.33. The zero-order valence-electron chi connectivity index (χ0n) is 15.3. The first-order valence-corrected chi connectivity index (χ1v) is 9.04. The van der Waals surface area contributed by atoms with Crippen LogP contribution in [0.5, 0.6) is 6.01 Å². The lowest BCUT2D eigenvalue weighted by Crippen LogP contribution is -2.40. The Morgan fingerprint density at radius 2 is 2.04 bits per heavy atom. The van der Waals surface area contributed by atoms with Gasteiger partial charge in [-0.15, -0.1) is 0 Å². The van der Waals surface area contributed by atoms with Crippen molar-refractivity contribution in [2.75, 3.05) is 31.1 Å². The van der Waals surface area contributed by atoms with E-state index in [9.17, 15) is 4.79 Å². The summed E-state index contributed by atoms with van der Waals surface area (Å²) >= 11 is 6.05. The molecule has 0 spiro atoms. The number of halogens is 1. The van der Waals surface area contributed by atoms with Crippen molar-refractivity contribution in [3.05, 3.63) is 11.2 Å². The maximum absolute atomic E-state index is 11.7. The molecule has 2 heterocycles. The van der Waals surface area contributed by atoms with Gasteiger partial charge in [-0.25, -0.2) is 4.79 Å². The normalized spacial score (nSPS) is 15.8. The molecular formula is C17H27ClN4O3. The number of ether oxygens (including phenoxy) is 2. The second-order valence-electron chi connectivity index (χ2n) is 7.08. The van der Waals surface area contributed by atoms with E-state index in [1.807, 2.05) is 27.7 Å². The van der Waals surface area contributed by atoms with E-state index in [0.717, 1.165) is 31.7 Å². The van der Waals surface area contributed by atoms with Crippen LogP contribution in [-0.4, -0.2) is 47.9 Å². The number of carbonyl (C=O) groups excluding carboxylic acids is 1. The molecule has 0 radical (unpaired) electrons. The number of carbonyl (C=O) groups is 1. The summed E-state index contributed by atoms with van der Waals surface area (Å²) < 4.78 is 10.6. The van der Waals surface area contributed by atoms with Crippen LogP contribution in [0.2, 0.25) is 5.15 Å². The number of alkyl carbamates (subject to hydrolysis) is 1. The highest BCUT2D eigenvalue weighted by molar-refractivity contribution is 6.29. The first-order chi connectivity index (χ1) is 11.8. The van der Waals surface area contributed by atoms with Gasteiger partial charge < -0.3 is 19.7 Å². The van der Waals surface area contributed by atoms with Crippen molar-refractivity contribution < 1.29 is 14.3 Å². The minimum Gasteiger partial charge on any atom is -0.464 e. The van der Waals surface area contributed by atoms with Crippen molar-refractivity contribution in [2.45, 2.75) is 46.1 Å². The summed E-state index contributed by atoms with van der Waals surface area (Å²) in [5.41, 5.74) is -0.474. The number of nitrogens with one attached hydrogen (secondary N) is 1. The summed E-state index contributed by atoms with van der Waals surface area (Å²) in [6.45, 7) is 10.3. The van der Waals surface area contributed by atoms with Crippen LogP contribution in [0.3, 0.4) is 0 Å². The summed E-state index contributed by atoms with van der Waals surface area (Å²) in [6, 6.07) is 2.06. The smallest absolute Gasteiger partial charge is 0.407 e. The van der Waals surface area contributed by atoms with E-state index in [4.69, 9.17) is 21.1 Å². The lowest BCUT2D eigenvalue weighted by atomic mass is 9.97. The molecule has 0 atom stereocenters. The summed E-state index contributed by atoms with van der Waals surface area (Å²) in [6.07, 6.45) is 1.56. The average Bonchev–Trinajstić information content (AvgIpc) is 2.51. The van der Waals surface area contributed by atoms with Gasteiger partial charge in [0.25, 0.3) is 0 Å². The Morgan fingerprint density at radius 3 is 2.64 bits per heavy atom. The number of rotatable bonds is 5. The summed E-state index contributed by atoms with van der Waals surface area (Å²) in [4.78, 5) is 22.4. The summed E-state index contributed by atoms with van der Waals surface area (Å²) in [7, 11) is 0. The molecule has 0 bridgehead atoms. The predicted molar refractivity (Wildman–Crippen MR) is 97.4 cm³/mol. The molecule has 2 rings (SSSR count). The Morgan fingerprint density at radius 1 is 1.36 bits per heavy atom. The van der Waals surface area contributed by atoms with Gasteiger partial charge in [0, 0.05) is 25.7 Å². The maximum Gasteiger partial charge on any atom is 0.407 e. The van der Waals surface area contributed by atoms with E-state index in [1.54, 1.807) is 6.07 Å². The fourth-order valence-electron chi connectivity index (χ4n) is 2.65. The second kappa shape index (κ2) is 8.56. The van der Waals surface area contributed by atoms with Gasteiger partial charge in [-0.3, -0.25) is 0 Å². The number of piperidine rings is 1. The van der Waals surface area contributed by atoms with Gasteiger partial charge in [-0.2, -0.15) is 9.97 Å². The monoisotopic (exact) mass is 370 g/mol. The molecule has 1 fully saturated rings. The van der Waals surface area contributed by atoms with Gasteiger partial charge in [-0.1, -0.05) is 11.6 Å². The lowest BCUT2D eigenvalue weighted by molar-refractivity contribution is 0.0517. The minimum absolute atomic E-state index is 0.304. The SMILES string of the molecule is CCOc1nc(Cl)cc(N2CCC(CNC(=O)OC(C)(C)C)CC2)n1. The van der Waals surface area contributed by atoms with E-state index in [2.05, 4.69) is 20.2 Å². The van der Waals surface area contributed by atoms with Crippen molar-refractivity contribution in [1.29, 1.82) is 0 Å². The van der Waals surface area contributed by atoms with Crippen LogP contribution in [-0.2, 0) is 4.74 Å². The molecule has 1 amide bonds. The third-order valence-corrected chi connectivity index (χ3v) is 4.00. The van der Waals surface area contributed by atoms with E-state index in [-0.39, 0.29) is 6.09 Å². The molecule has 1 aromatic rings. The highest BCUT2D eigenvalue weighted by atomic mass is 35.5. The fraction of sp³-hybridized carbons (Fsp3) is 0.706. The molecule has 25 heavy (non-hydrogen) atoms. The molecule has 1 N–H and O–H groups in total. The third-order valence-electron chi connectivity index (χ3n) is 3.81. The van der Waals surface area contributed by atoms with E-state index >= 15 is 0 Å². The molecule has 1 aliphatic heterocycles. The molecule has 1 aliphatic rings. The van der Waals surface area contributed by atoms with Crippen molar-refractivity contribution in [1.82, 2.24) is 15.3 Å².